The molecule has 98 valence electrons. The molecule has 5 nitrogen and oxygen atoms in total. The Balaban J connectivity index is 2.23. The summed E-state index contributed by atoms with van der Waals surface area (Å²) in [6.45, 7) is 3.72. The van der Waals surface area contributed by atoms with Gasteiger partial charge in [-0.3, -0.25) is 15.6 Å². The molecule has 0 radical (unpaired) electrons. The van der Waals surface area contributed by atoms with Gasteiger partial charge in [0.05, 0.1) is 11.4 Å². The lowest BCUT2D eigenvalue weighted by Gasteiger charge is -2.10. The normalized spacial score (nSPS) is 10.1. The van der Waals surface area contributed by atoms with Gasteiger partial charge in [-0.15, -0.1) is 0 Å². The number of rotatable bonds is 3. The van der Waals surface area contributed by atoms with Crippen LogP contribution in [-0.2, 0) is 0 Å². The molecule has 5 heteroatoms. The van der Waals surface area contributed by atoms with Crippen molar-refractivity contribution in [3.63, 3.8) is 0 Å². The first-order chi connectivity index (χ1) is 9.11. The van der Waals surface area contributed by atoms with E-state index in [1.165, 1.54) is 0 Å². The summed E-state index contributed by atoms with van der Waals surface area (Å²) in [7, 11) is 0. The lowest BCUT2D eigenvalue weighted by atomic mass is 10.1. The summed E-state index contributed by atoms with van der Waals surface area (Å²) >= 11 is 0. The van der Waals surface area contributed by atoms with Gasteiger partial charge in [-0.1, -0.05) is 0 Å². The van der Waals surface area contributed by atoms with Crippen LogP contribution in [-0.4, -0.2) is 10.9 Å². The fourth-order valence-corrected chi connectivity index (χ4v) is 1.81. The van der Waals surface area contributed by atoms with Gasteiger partial charge >= 0.3 is 0 Å². The van der Waals surface area contributed by atoms with Crippen LogP contribution in [0.15, 0.2) is 36.5 Å². The molecular weight excluding hydrogens is 240 g/mol. The number of hydrogen-bond acceptors (Lipinski definition) is 4. The third-order valence-electron chi connectivity index (χ3n) is 2.89. The van der Waals surface area contributed by atoms with Crippen molar-refractivity contribution in [2.45, 2.75) is 13.8 Å². The summed E-state index contributed by atoms with van der Waals surface area (Å²) < 4.78 is 0. The van der Waals surface area contributed by atoms with Gasteiger partial charge in [-0.05, 0) is 49.7 Å². The minimum atomic E-state index is -0.155. The number of carbonyl (C=O) groups excluding carboxylic acids is 1. The zero-order chi connectivity index (χ0) is 13.8. The van der Waals surface area contributed by atoms with Gasteiger partial charge in [-0.2, -0.15) is 0 Å². The molecule has 0 spiro atoms. The first kappa shape index (κ1) is 13.0. The van der Waals surface area contributed by atoms with E-state index in [2.05, 4.69) is 15.7 Å². The van der Waals surface area contributed by atoms with Gasteiger partial charge < -0.3 is 10.7 Å². The molecule has 0 aliphatic carbocycles. The molecule has 4 N–H and O–H groups in total. The van der Waals surface area contributed by atoms with Crippen LogP contribution < -0.4 is 16.6 Å². The van der Waals surface area contributed by atoms with E-state index >= 15 is 0 Å². The number of nitrogens with one attached hydrogen (secondary N) is 2. The van der Waals surface area contributed by atoms with Crippen LogP contribution in [0.1, 0.15) is 21.6 Å². The number of anilines is 2. The second-order valence-corrected chi connectivity index (χ2v) is 4.26. The third-order valence-corrected chi connectivity index (χ3v) is 2.89. The molecule has 1 amide bonds. The van der Waals surface area contributed by atoms with Gasteiger partial charge in [0.1, 0.15) is 0 Å². The first-order valence-corrected chi connectivity index (χ1v) is 5.92. The van der Waals surface area contributed by atoms with E-state index in [0.717, 1.165) is 16.9 Å². The molecule has 0 aliphatic heterocycles. The SMILES string of the molecule is Cc1cc(NN)ccc1C(=O)Nc1cccnc1C. The molecule has 1 aromatic heterocycles. The van der Waals surface area contributed by atoms with Gasteiger partial charge in [0.2, 0.25) is 0 Å². The molecule has 2 rings (SSSR count). The van der Waals surface area contributed by atoms with E-state index in [1.54, 1.807) is 24.4 Å². The molecule has 2 aromatic rings. The number of pyridine rings is 1. The van der Waals surface area contributed by atoms with E-state index < -0.39 is 0 Å². The van der Waals surface area contributed by atoms with Crippen LogP contribution in [0.25, 0.3) is 0 Å². The number of hydrazine groups is 1. The van der Waals surface area contributed by atoms with E-state index in [4.69, 9.17) is 5.84 Å². The quantitative estimate of drug-likeness (QED) is 0.581. The molecule has 1 heterocycles. The Morgan fingerprint density at radius 3 is 2.68 bits per heavy atom. The average Bonchev–Trinajstić information content (AvgIpc) is 2.41. The highest BCUT2D eigenvalue weighted by atomic mass is 16.1. The Hall–Kier alpha value is -2.40. The van der Waals surface area contributed by atoms with Crippen LogP contribution in [0.4, 0.5) is 11.4 Å². The minimum Gasteiger partial charge on any atom is -0.324 e. The zero-order valence-corrected chi connectivity index (χ0v) is 10.9. The smallest absolute Gasteiger partial charge is 0.255 e. The molecule has 0 atom stereocenters. The Morgan fingerprint density at radius 2 is 2.05 bits per heavy atom. The van der Waals surface area contributed by atoms with E-state index in [9.17, 15) is 4.79 Å². The highest BCUT2D eigenvalue weighted by Crippen LogP contribution is 2.17. The molecule has 19 heavy (non-hydrogen) atoms. The van der Waals surface area contributed by atoms with Crippen molar-refractivity contribution in [2.75, 3.05) is 10.7 Å². The van der Waals surface area contributed by atoms with Crippen molar-refractivity contribution in [1.82, 2.24) is 4.98 Å². The molecule has 0 bridgehead atoms. The highest BCUT2D eigenvalue weighted by Gasteiger charge is 2.10. The Morgan fingerprint density at radius 1 is 1.26 bits per heavy atom. The molecule has 0 aliphatic rings. The number of hydrogen-bond donors (Lipinski definition) is 3. The van der Waals surface area contributed by atoms with E-state index in [-0.39, 0.29) is 5.91 Å². The second-order valence-electron chi connectivity index (χ2n) is 4.26. The number of benzene rings is 1. The topological polar surface area (TPSA) is 80.0 Å². The summed E-state index contributed by atoms with van der Waals surface area (Å²) in [5.41, 5.74) is 6.29. The van der Waals surface area contributed by atoms with Gasteiger partial charge in [0.25, 0.3) is 5.91 Å². The third kappa shape index (κ3) is 2.89. The van der Waals surface area contributed by atoms with Gasteiger partial charge in [0.15, 0.2) is 0 Å². The van der Waals surface area contributed by atoms with Crippen LogP contribution >= 0.6 is 0 Å². The number of nitrogen functional groups attached to an aromatic ring is 1. The molecule has 0 unspecified atom stereocenters. The molecule has 0 fully saturated rings. The van der Waals surface area contributed by atoms with Crippen LogP contribution in [0, 0.1) is 13.8 Å². The largest absolute Gasteiger partial charge is 0.324 e. The van der Waals surface area contributed by atoms with Crippen molar-refractivity contribution in [2.24, 2.45) is 5.84 Å². The maximum absolute atomic E-state index is 12.2. The number of nitrogens with zero attached hydrogens (tertiary/aromatic N) is 1. The summed E-state index contributed by atoms with van der Waals surface area (Å²) in [6, 6.07) is 8.94. The molecule has 0 saturated carbocycles. The predicted molar refractivity (Wildman–Crippen MR) is 75.9 cm³/mol. The van der Waals surface area contributed by atoms with Crippen LogP contribution in [0.3, 0.4) is 0 Å². The number of nitrogens with two attached hydrogens (primary N) is 1. The van der Waals surface area contributed by atoms with E-state index in [0.29, 0.717) is 11.3 Å². The van der Waals surface area contributed by atoms with E-state index in [1.807, 2.05) is 26.0 Å². The lowest BCUT2D eigenvalue weighted by Crippen LogP contribution is -2.15. The van der Waals surface area contributed by atoms with Gasteiger partial charge in [0, 0.05) is 17.4 Å². The number of aromatic nitrogens is 1. The second kappa shape index (κ2) is 5.49. The summed E-state index contributed by atoms with van der Waals surface area (Å²) in [6.07, 6.45) is 1.69. The fourth-order valence-electron chi connectivity index (χ4n) is 1.81. The Bertz CT molecular complexity index is 610. The monoisotopic (exact) mass is 256 g/mol. The maximum atomic E-state index is 12.2. The maximum Gasteiger partial charge on any atom is 0.255 e. The summed E-state index contributed by atoms with van der Waals surface area (Å²) in [5, 5.41) is 2.85. The summed E-state index contributed by atoms with van der Waals surface area (Å²) in [4.78, 5) is 16.3. The van der Waals surface area contributed by atoms with Crippen molar-refractivity contribution >= 4 is 17.3 Å². The van der Waals surface area contributed by atoms with Crippen molar-refractivity contribution in [1.29, 1.82) is 0 Å². The zero-order valence-electron chi connectivity index (χ0n) is 10.9. The van der Waals surface area contributed by atoms with Crippen LogP contribution in [0.2, 0.25) is 0 Å². The number of carbonyl (C=O) groups is 1. The first-order valence-electron chi connectivity index (χ1n) is 5.92. The van der Waals surface area contributed by atoms with Gasteiger partial charge in [-0.25, -0.2) is 0 Å². The Labute approximate surface area is 111 Å². The standard InChI is InChI=1S/C14H16N4O/c1-9-8-11(18-15)5-6-12(9)14(19)17-13-4-3-7-16-10(13)2/h3-8,18H,15H2,1-2H3,(H,17,19). The highest BCUT2D eigenvalue weighted by molar-refractivity contribution is 6.05. The molecular formula is C14H16N4O. The fraction of sp³-hybridized carbons (Fsp3) is 0.143. The van der Waals surface area contributed by atoms with Crippen LogP contribution in [0.5, 0.6) is 0 Å². The minimum absolute atomic E-state index is 0.155. The molecule has 0 saturated heterocycles. The summed E-state index contributed by atoms with van der Waals surface area (Å²) in [5.74, 6) is 5.17. The average molecular weight is 256 g/mol. The molecule has 1 aromatic carbocycles. The van der Waals surface area contributed by atoms with Crippen molar-refractivity contribution in [3.05, 3.63) is 53.3 Å². The lowest BCUT2D eigenvalue weighted by molar-refractivity contribution is 0.102. The predicted octanol–water partition coefficient (Wildman–Crippen LogP) is 2.24. The number of amides is 1. The number of aryl methyl sites for hydroxylation is 2. The van der Waals surface area contributed by atoms with Crippen molar-refractivity contribution < 1.29 is 4.79 Å². The Kier molecular flexibility index (Phi) is 3.77. The van der Waals surface area contributed by atoms with Crippen molar-refractivity contribution in [3.8, 4) is 0 Å².